The van der Waals surface area contributed by atoms with Gasteiger partial charge in [0.05, 0.1) is 7.57 Å². The molecule has 0 aromatic carbocycles. The molecule has 0 atom stereocenters. The van der Waals surface area contributed by atoms with Crippen LogP contribution in [0, 0.1) is 0 Å². The zero-order valence-corrected chi connectivity index (χ0v) is 55.4. The van der Waals surface area contributed by atoms with Crippen LogP contribution >= 0.6 is 77.2 Å². The van der Waals surface area contributed by atoms with Crippen LogP contribution in [0.3, 0.4) is 0 Å². The Hall–Kier alpha value is -0.743. The van der Waals surface area contributed by atoms with Crippen molar-refractivity contribution in [2.45, 2.75) is 185 Å². The molecular weight excluding hydrogens is 1660 g/mol. The molecule has 0 fully saturated rings. The zero-order chi connectivity index (χ0) is 65.9. The van der Waals surface area contributed by atoms with E-state index in [0.29, 0.717) is 20.9 Å². The number of rotatable bonds is 26. The average molecular weight is 1710 g/mol. The van der Waals surface area contributed by atoms with Crippen LogP contribution in [-0.2, 0) is 12.8 Å². The molecule has 4 aromatic heterocycles. The molecule has 4 heterocycles. The van der Waals surface area contributed by atoms with E-state index in [1.54, 1.807) is 5.79 Å². The van der Waals surface area contributed by atoms with Gasteiger partial charge >= 0.3 is 212 Å². The van der Waals surface area contributed by atoms with Gasteiger partial charge in [0, 0.05) is 22.6 Å². The summed E-state index contributed by atoms with van der Waals surface area (Å²) in [6.07, 6.45) is -25.2. The third-order valence-electron chi connectivity index (χ3n) is 12.4. The molecule has 492 valence electrons. The molecular formula is C47H48Br2F30S4Sn2. The van der Waals surface area contributed by atoms with Crippen LogP contribution in [0.5, 0.6) is 0 Å². The summed E-state index contributed by atoms with van der Waals surface area (Å²) < 4.78 is 406. The van der Waals surface area contributed by atoms with Gasteiger partial charge in [-0.3, -0.25) is 0 Å². The molecule has 0 amide bonds. The third-order valence-corrected chi connectivity index (χ3v) is 37.8. The van der Waals surface area contributed by atoms with Crippen LogP contribution in [0.25, 0.3) is 19.5 Å². The summed E-state index contributed by atoms with van der Waals surface area (Å²) in [6, 6.07) is 12.3. The Morgan fingerprint density at radius 1 is 0.318 bits per heavy atom. The van der Waals surface area contributed by atoms with Gasteiger partial charge in [-0.1, -0.05) is 20.3 Å². The topological polar surface area (TPSA) is 0 Å². The molecule has 0 unspecified atom stereocenters. The first-order valence-corrected chi connectivity index (χ1v) is 48.4. The first-order valence-electron chi connectivity index (χ1n) is 23.6. The summed E-state index contributed by atoms with van der Waals surface area (Å²) in [5, 5.41) is 0. The van der Waals surface area contributed by atoms with E-state index in [-0.39, 0.29) is 40.7 Å². The molecule has 0 spiro atoms. The van der Waals surface area contributed by atoms with Gasteiger partial charge < -0.3 is 0 Å². The number of halogens is 32. The minimum atomic E-state index is -8.41. The van der Waals surface area contributed by atoms with E-state index in [9.17, 15) is 132 Å². The number of aryl methyl sites for hydroxylation is 2. The van der Waals surface area contributed by atoms with E-state index in [1.807, 2.05) is 22.7 Å². The van der Waals surface area contributed by atoms with E-state index < -0.39 is 159 Å². The normalized spacial score (nSPS) is 14.8. The van der Waals surface area contributed by atoms with Gasteiger partial charge in [-0.15, -0.1) is 22.7 Å². The van der Waals surface area contributed by atoms with E-state index in [2.05, 4.69) is 85.8 Å². The fourth-order valence-electron chi connectivity index (χ4n) is 7.13. The van der Waals surface area contributed by atoms with Gasteiger partial charge in [0.1, 0.15) is 0 Å². The van der Waals surface area contributed by atoms with Crippen LogP contribution in [0.4, 0.5) is 132 Å². The third kappa shape index (κ3) is 15.7. The van der Waals surface area contributed by atoms with Crippen molar-refractivity contribution in [1.29, 1.82) is 0 Å². The second-order valence-corrected chi connectivity index (χ2v) is 58.7. The Bertz CT molecular complexity index is 2640. The molecule has 0 aliphatic heterocycles. The molecule has 38 heteroatoms. The van der Waals surface area contributed by atoms with Crippen LogP contribution < -0.4 is 5.79 Å². The van der Waals surface area contributed by atoms with Gasteiger partial charge in [0.2, 0.25) is 0 Å². The Labute approximate surface area is 506 Å². The maximum atomic E-state index is 14.2. The fraction of sp³-hybridized carbons (Fsp3) is 0.660. The van der Waals surface area contributed by atoms with Gasteiger partial charge in [-0.05, 0) is 93.6 Å². The number of hydrogen-bond donors (Lipinski definition) is 0. The SMILES string of the molecule is C.FC(F)(F)C(F)(F)C(F)(F)C(F)(F)C(F)(F)C(F)(F)C(F)(F)CCCCCc1cc(-c2cc(CCCCCC(F)(F)C(F)(F)C(F)(F)C(F)(F)C(F)(F)C(F)(F)C(F)(F)F)c(Br)s2)sc1Br.[CH3][Sn]([CH3])([CH3])[c]1ccc(-c2cc[c]([Sn]([CH3])([CH3])[CH3])s2)s1. The Morgan fingerprint density at radius 3 is 0.800 bits per heavy atom. The van der Waals surface area contributed by atoms with Crippen molar-refractivity contribution in [2.24, 2.45) is 0 Å². The van der Waals surface area contributed by atoms with Crippen molar-refractivity contribution in [2.75, 3.05) is 0 Å². The predicted molar refractivity (Wildman–Crippen MR) is 279 cm³/mol. The van der Waals surface area contributed by atoms with Crippen molar-refractivity contribution in [1.82, 2.24) is 0 Å². The number of thiophene rings is 4. The Balaban J connectivity index is 0.00000109. The summed E-state index contributed by atoms with van der Waals surface area (Å²) in [4.78, 5) is 18.7. The first-order chi connectivity index (χ1) is 37.1. The molecule has 0 bridgehead atoms. The predicted octanol–water partition coefficient (Wildman–Crippen LogP) is 23.2. The second-order valence-electron chi connectivity index (χ2n) is 20.9. The van der Waals surface area contributed by atoms with E-state index in [0.717, 1.165) is 22.7 Å². The quantitative estimate of drug-likeness (QED) is 0.0334. The standard InChI is InChI=1S/C32H22Br2F30S2.C8H4S2.CH4.6CH3.2Sn/c33-17-13(7-3-1-5-9-19(35,36)21(39,40)23(43,44)25(47,48)27(51,52)29(55,56)31(59,60)61)11-15(65-17)16-12-14(18(34)66-16)8-4-2-6-10-20(37,38)22(41,42)24(45,46)26(49,50)28(53,54)30(57,58)32(62,63)64;1-3-7(9-5-1)8-4-2-6-10-8;;;;;;;;;/h11-12H,1-10H2;1-4H;1H4;6*1H3;;. The van der Waals surface area contributed by atoms with Crippen molar-refractivity contribution in [3.05, 3.63) is 55.1 Å². The van der Waals surface area contributed by atoms with Gasteiger partial charge in [-0.2, -0.15) is 132 Å². The maximum absolute atomic E-state index is 14.2. The Kier molecular flexibility index (Phi) is 25.2. The molecule has 0 aliphatic rings. The molecule has 0 N–H and O–H groups in total. The van der Waals surface area contributed by atoms with Gasteiger partial charge in [-0.25, -0.2) is 0 Å². The van der Waals surface area contributed by atoms with Gasteiger partial charge in [0.15, 0.2) is 0 Å². The average Bonchev–Trinajstić information content (AvgIpc) is 1.42. The molecule has 0 saturated heterocycles. The molecule has 0 saturated carbocycles. The number of alkyl halides is 30. The molecule has 0 radical (unpaired) electrons. The molecule has 0 nitrogen and oxygen atoms in total. The number of unbranched alkanes of at least 4 members (excludes halogenated alkanes) is 4. The minimum absolute atomic E-state index is 0. The van der Waals surface area contributed by atoms with Crippen molar-refractivity contribution in [3.8, 4) is 19.5 Å². The molecule has 0 aliphatic carbocycles. The van der Waals surface area contributed by atoms with Crippen LogP contribution in [0.2, 0.25) is 29.6 Å². The van der Waals surface area contributed by atoms with Crippen molar-refractivity contribution in [3.63, 3.8) is 0 Å². The first kappa shape index (κ1) is 80.4. The fourth-order valence-corrected chi connectivity index (χ4v) is 23.4. The molecule has 4 rings (SSSR count). The van der Waals surface area contributed by atoms with Crippen LogP contribution in [0.15, 0.2) is 44.0 Å². The molecule has 85 heavy (non-hydrogen) atoms. The second kappa shape index (κ2) is 26.7. The summed E-state index contributed by atoms with van der Waals surface area (Å²) in [5.41, 5.74) is 0.632. The van der Waals surface area contributed by atoms with Crippen LogP contribution in [0.1, 0.15) is 69.9 Å². The van der Waals surface area contributed by atoms with E-state index in [4.69, 9.17) is 0 Å². The van der Waals surface area contributed by atoms with E-state index in [1.165, 1.54) is 21.9 Å². The number of hydrogen-bond acceptors (Lipinski definition) is 4. The summed E-state index contributed by atoms with van der Waals surface area (Å²) in [5.74, 6) is -94.2. The summed E-state index contributed by atoms with van der Waals surface area (Å²) in [7, 11) is 0. The monoisotopic (exact) mass is 1710 g/mol. The van der Waals surface area contributed by atoms with Crippen molar-refractivity contribution >= 4 is 120 Å². The van der Waals surface area contributed by atoms with Crippen LogP contribution in [-0.4, -0.2) is 120 Å². The summed E-state index contributed by atoms with van der Waals surface area (Å²) in [6.45, 7) is 0. The zero-order valence-electron chi connectivity index (χ0n) is 43.3. The summed E-state index contributed by atoms with van der Waals surface area (Å²) >= 11 is 8.51. The van der Waals surface area contributed by atoms with E-state index >= 15 is 0 Å². The molecule has 4 aromatic rings. The van der Waals surface area contributed by atoms with Gasteiger partial charge in [0.25, 0.3) is 0 Å². The van der Waals surface area contributed by atoms with Crippen molar-refractivity contribution < 1.29 is 132 Å². The Morgan fingerprint density at radius 2 is 0.565 bits per heavy atom.